The van der Waals surface area contributed by atoms with Crippen molar-refractivity contribution in [3.05, 3.63) is 23.3 Å². The van der Waals surface area contributed by atoms with Crippen molar-refractivity contribution in [1.29, 1.82) is 0 Å². The van der Waals surface area contributed by atoms with Crippen LogP contribution in [0.5, 0.6) is 0 Å². The Bertz CT molecular complexity index is 345. The molecule has 0 saturated heterocycles. The first-order valence-electron chi connectivity index (χ1n) is 6.68. The van der Waals surface area contributed by atoms with Gasteiger partial charge in [-0.15, -0.1) is 0 Å². The average molecular weight is 234 g/mol. The van der Waals surface area contributed by atoms with Crippen molar-refractivity contribution >= 4 is 5.78 Å². The Hall–Kier alpha value is -0.850. The minimum absolute atomic E-state index is 0.125. The topological polar surface area (TPSA) is 17.1 Å². The molecule has 2 atom stereocenters. The van der Waals surface area contributed by atoms with Crippen molar-refractivity contribution in [2.45, 2.75) is 60.3 Å². The molecule has 1 heteroatoms. The van der Waals surface area contributed by atoms with E-state index in [1.165, 1.54) is 11.1 Å². The summed E-state index contributed by atoms with van der Waals surface area (Å²) in [5, 5.41) is 0. The summed E-state index contributed by atoms with van der Waals surface area (Å²) in [6.07, 6.45) is 8.91. The lowest BCUT2D eigenvalue weighted by Crippen LogP contribution is -2.35. The standard InChI is InChI=1S/C16H26O/c1-12(2)7-6-8-15-9-10-16(5,14(4)17)13(3)11-15/h7,9,13H,6,8,10-11H2,1-5H3/t13-,16-/m1/s1. The second-order valence-electron chi connectivity index (χ2n) is 5.97. The SMILES string of the molecule is CC(=O)[C@]1(C)CC=C(CCC=C(C)C)C[C@H]1C. The second-order valence-corrected chi connectivity index (χ2v) is 5.97. The van der Waals surface area contributed by atoms with Gasteiger partial charge in [0.15, 0.2) is 0 Å². The molecule has 0 bridgehead atoms. The third-order valence-corrected chi connectivity index (χ3v) is 4.29. The zero-order chi connectivity index (χ0) is 13.1. The molecular weight excluding hydrogens is 208 g/mol. The summed E-state index contributed by atoms with van der Waals surface area (Å²) in [6, 6.07) is 0. The van der Waals surface area contributed by atoms with Crippen LogP contribution in [-0.2, 0) is 4.79 Å². The van der Waals surface area contributed by atoms with E-state index in [4.69, 9.17) is 0 Å². The zero-order valence-electron chi connectivity index (χ0n) is 12.0. The number of hydrogen-bond donors (Lipinski definition) is 0. The highest BCUT2D eigenvalue weighted by Gasteiger charge is 2.37. The molecule has 1 aliphatic rings. The third-order valence-electron chi connectivity index (χ3n) is 4.29. The molecule has 1 nitrogen and oxygen atoms in total. The zero-order valence-corrected chi connectivity index (χ0v) is 12.0. The van der Waals surface area contributed by atoms with E-state index in [-0.39, 0.29) is 5.41 Å². The molecule has 0 N–H and O–H groups in total. The highest BCUT2D eigenvalue weighted by molar-refractivity contribution is 5.82. The molecule has 0 aromatic heterocycles. The fourth-order valence-electron chi connectivity index (χ4n) is 2.50. The van der Waals surface area contributed by atoms with Crippen LogP contribution in [0.2, 0.25) is 0 Å². The van der Waals surface area contributed by atoms with Crippen LogP contribution in [0.3, 0.4) is 0 Å². The predicted octanol–water partition coefficient (Wildman–Crippen LogP) is 4.68. The van der Waals surface area contributed by atoms with Crippen molar-refractivity contribution in [2.75, 3.05) is 0 Å². The molecule has 0 heterocycles. The first-order chi connectivity index (χ1) is 7.86. The van der Waals surface area contributed by atoms with E-state index >= 15 is 0 Å². The van der Waals surface area contributed by atoms with Crippen molar-refractivity contribution < 1.29 is 4.79 Å². The number of hydrogen-bond acceptors (Lipinski definition) is 1. The van der Waals surface area contributed by atoms with E-state index in [0.717, 1.165) is 25.7 Å². The van der Waals surface area contributed by atoms with Crippen LogP contribution in [0.4, 0.5) is 0 Å². The Morgan fingerprint density at radius 1 is 1.47 bits per heavy atom. The predicted molar refractivity (Wildman–Crippen MR) is 73.9 cm³/mol. The van der Waals surface area contributed by atoms with Crippen molar-refractivity contribution in [2.24, 2.45) is 11.3 Å². The van der Waals surface area contributed by atoms with Crippen molar-refractivity contribution in [3.63, 3.8) is 0 Å². The highest BCUT2D eigenvalue weighted by Crippen LogP contribution is 2.41. The number of ketones is 1. The second kappa shape index (κ2) is 5.66. The van der Waals surface area contributed by atoms with Crippen LogP contribution in [0.25, 0.3) is 0 Å². The molecule has 0 saturated carbocycles. The normalized spacial score (nSPS) is 28.5. The first-order valence-corrected chi connectivity index (χ1v) is 6.68. The quantitative estimate of drug-likeness (QED) is 0.645. The largest absolute Gasteiger partial charge is 0.299 e. The summed E-state index contributed by atoms with van der Waals surface area (Å²) in [7, 11) is 0. The van der Waals surface area contributed by atoms with Crippen LogP contribution in [0.15, 0.2) is 23.3 Å². The Morgan fingerprint density at radius 2 is 2.12 bits per heavy atom. The van der Waals surface area contributed by atoms with Crippen molar-refractivity contribution in [3.8, 4) is 0 Å². The third kappa shape index (κ3) is 3.55. The molecule has 0 radical (unpaired) electrons. The van der Waals surface area contributed by atoms with E-state index in [1.54, 1.807) is 6.92 Å². The minimum atomic E-state index is -0.125. The maximum absolute atomic E-state index is 11.7. The van der Waals surface area contributed by atoms with Crippen LogP contribution in [0.1, 0.15) is 60.3 Å². The number of carbonyl (C=O) groups is 1. The molecule has 0 aliphatic heterocycles. The summed E-state index contributed by atoms with van der Waals surface area (Å²) in [6.45, 7) is 10.4. The highest BCUT2D eigenvalue weighted by atomic mass is 16.1. The van der Waals surface area contributed by atoms with Gasteiger partial charge >= 0.3 is 0 Å². The van der Waals surface area contributed by atoms with E-state index in [0.29, 0.717) is 11.7 Å². The monoisotopic (exact) mass is 234 g/mol. The minimum Gasteiger partial charge on any atom is -0.299 e. The molecular formula is C16H26O. The lowest BCUT2D eigenvalue weighted by molar-refractivity contribution is -0.128. The van der Waals surface area contributed by atoms with Crippen LogP contribution >= 0.6 is 0 Å². The fraction of sp³-hybridized carbons (Fsp3) is 0.688. The van der Waals surface area contributed by atoms with Crippen molar-refractivity contribution in [1.82, 2.24) is 0 Å². The molecule has 1 aliphatic carbocycles. The molecule has 96 valence electrons. The van der Waals surface area contributed by atoms with Gasteiger partial charge in [0, 0.05) is 5.41 Å². The van der Waals surface area contributed by atoms with E-state index in [2.05, 4.69) is 39.8 Å². The van der Waals surface area contributed by atoms with Gasteiger partial charge in [0.05, 0.1) is 0 Å². The maximum Gasteiger partial charge on any atom is 0.136 e. The lowest BCUT2D eigenvalue weighted by Gasteiger charge is -2.37. The number of Topliss-reactive ketones (excluding diaryl/α,β-unsaturated/α-hetero) is 1. The van der Waals surface area contributed by atoms with E-state index < -0.39 is 0 Å². The van der Waals surface area contributed by atoms with Gasteiger partial charge in [-0.25, -0.2) is 0 Å². The van der Waals surface area contributed by atoms with Gasteiger partial charge in [-0.1, -0.05) is 37.1 Å². The Labute approximate surface area is 106 Å². The van der Waals surface area contributed by atoms with Gasteiger partial charge in [-0.05, 0) is 52.4 Å². The maximum atomic E-state index is 11.7. The number of rotatable bonds is 4. The summed E-state index contributed by atoms with van der Waals surface area (Å²) in [5.74, 6) is 0.816. The van der Waals surface area contributed by atoms with Gasteiger partial charge in [-0.2, -0.15) is 0 Å². The van der Waals surface area contributed by atoms with Crippen LogP contribution < -0.4 is 0 Å². The summed E-state index contributed by atoms with van der Waals surface area (Å²) in [5.41, 5.74) is 2.80. The van der Waals surface area contributed by atoms with E-state index in [9.17, 15) is 4.79 Å². The van der Waals surface area contributed by atoms with Crippen LogP contribution in [-0.4, -0.2) is 5.78 Å². The van der Waals surface area contributed by atoms with Gasteiger partial charge in [-0.3, -0.25) is 4.79 Å². The van der Waals surface area contributed by atoms with Gasteiger partial charge in [0.25, 0.3) is 0 Å². The average Bonchev–Trinajstić information content (AvgIpc) is 2.22. The lowest BCUT2D eigenvalue weighted by atomic mass is 9.66. The van der Waals surface area contributed by atoms with Crippen LogP contribution in [0, 0.1) is 11.3 Å². The fourth-order valence-corrected chi connectivity index (χ4v) is 2.50. The molecule has 0 spiro atoms. The molecule has 0 fully saturated rings. The molecule has 17 heavy (non-hydrogen) atoms. The van der Waals surface area contributed by atoms with Gasteiger partial charge in [0.2, 0.25) is 0 Å². The molecule has 0 unspecified atom stereocenters. The number of carbonyl (C=O) groups excluding carboxylic acids is 1. The Morgan fingerprint density at radius 3 is 2.59 bits per heavy atom. The van der Waals surface area contributed by atoms with E-state index in [1.807, 2.05) is 0 Å². The van der Waals surface area contributed by atoms with Gasteiger partial charge < -0.3 is 0 Å². The smallest absolute Gasteiger partial charge is 0.136 e. The summed E-state index contributed by atoms with van der Waals surface area (Å²) >= 11 is 0. The Kier molecular flexibility index (Phi) is 4.73. The Balaban J connectivity index is 2.61. The molecule has 0 aromatic rings. The molecule has 1 rings (SSSR count). The molecule has 0 aromatic carbocycles. The first kappa shape index (κ1) is 14.2. The van der Waals surface area contributed by atoms with Gasteiger partial charge in [0.1, 0.15) is 5.78 Å². The summed E-state index contributed by atoms with van der Waals surface area (Å²) in [4.78, 5) is 11.7. The summed E-state index contributed by atoms with van der Waals surface area (Å²) < 4.78 is 0. The number of allylic oxidation sites excluding steroid dienone is 4. The molecule has 0 amide bonds.